The van der Waals surface area contributed by atoms with Crippen molar-refractivity contribution in [2.24, 2.45) is 0 Å². The Labute approximate surface area is 588 Å². The van der Waals surface area contributed by atoms with Crippen LogP contribution in [0.1, 0.15) is 226 Å². The summed E-state index contributed by atoms with van der Waals surface area (Å²) in [5, 5.41) is 120. The first kappa shape index (κ1) is 88.1. The number of hydrogen-bond donors (Lipinski definition) is 12. The maximum Gasteiger partial charge on any atom is 0.220 e. The summed E-state index contributed by atoms with van der Waals surface area (Å²) < 4.78 is 34.3. The average Bonchev–Trinajstić information content (AvgIpc) is 0.785. The number of amides is 1. The van der Waals surface area contributed by atoms with Crippen LogP contribution in [-0.4, -0.2) is 193 Å². The Morgan fingerprint density at radius 3 is 1.14 bits per heavy atom. The molecule has 19 heteroatoms. The fraction of sp³-hybridized carbons (Fsp3) is 0.709. The molecule has 3 saturated heterocycles. The van der Waals surface area contributed by atoms with Crippen LogP contribution < -0.4 is 5.32 Å². The second-order valence-electron chi connectivity index (χ2n) is 26.0. The molecular formula is C79H131NO18. The standard InChI is InChI=1S/C79H131NO18/c1-3-5-7-9-11-13-15-17-19-20-21-22-23-24-25-26-27-28-29-30-31-32-33-34-35-36-37-38-39-40-41-42-43-45-47-49-51-53-55-57-67(85)80-62(63(84)56-54-52-50-48-46-44-18-16-14-12-10-8-6-4-2)61-93-77-73(91)70(88)75(65(59-82)95-77)98-79-74(92)71(89)76(66(60-83)96-79)97-78-72(90)69(87)68(86)64(58-81)94-78/h5,7,11,13-14,16-17,19,21-22,24-25,27-28,30-31,33-34,46,48,54,56,62-66,68-79,81-84,86-92H,3-4,6,8-10,12,15,18,20,23,26,29,32,35-45,47,49-53,55,57-61H2,1-2H3,(H,80,85)/b7-5-,13-11-,16-14+,19-17-,22-21-,25-24-,28-27-,31-30-,34-33-,48-46+,56-54+. The summed E-state index contributed by atoms with van der Waals surface area (Å²) in [5.74, 6) is -0.296. The minimum absolute atomic E-state index is 0.224. The van der Waals surface area contributed by atoms with Crippen LogP contribution in [0.15, 0.2) is 134 Å². The van der Waals surface area contributed by atoms with Crippen molar-refractivity contribution in [3.8, 4) is 0 Å². The van der Waals surface area contributed by atoms with Crippen molar-refractivity contribution in [3.05, 3.63) is 134 Å². The maximum absolute atomic E-state index is 13.4. The maximum atomic E-state index is 13.4. The molecule has 17 atom stereocenters. The summed E-state index contributed by atoms with van der Waals surface area (Å²) >= 11 is 0. The second-order valence-corrected chi connectivity index (χ2v) is 26.0. The van der Waals surface area contributed by atoms with Crippen LogP contribution in [0.25, 0.3) is 0 Å². The molecule has 3 fully saturated rings. The minimum Gasteiger partial charge on any atom is -0.394 e. The number of unbranched alkanes of at least 4 members (excludes halogenated alkanes) is 20. The molecule has 98 heavy (non-hydrogen) atoms. The van der Waals surface area contributed by atoms with Gasteiger partial charge in [0.25, 0.3) is 0 Å². The van der Waals surface area contributed by atoms with Crippen LogP contribution in [0.3, 0.4) is 0 Å². The number of allylic oxidation sites excluding steroid dienone is 21. The zero-order valence-corrected chi connectivity index (χ0v) is 59.5. The molecule has 0 spiro atoms. The van der Waals surface area contributed by atoms with Gasteiger partial charge in [0.05, 0.1) is 38.6 Å². The Hall–Kier alpha value is -4.07. The number of ether oxygens (including phenoxy) is 6. The van der Waals surface area contributed by atoms with Crippen LogP contribution in [0.4, 0.5) is 0 Å². The molecule has 12 N–H and O–H groups in total. The summed E-state index contributed by atoms with van der Waals surface area (Å²) in [7, 11) is 0. The van der Waals surface area contributed by atoms with Gasteiger partial charge in [0.15, 0.2) is 18.9 Å². The highest BCUT2D eigenvalue weighted by Crippen LogP contribution is 2.33. The Bertz CT molecular complexity index is 2290. The molecule has 3 heterocycles. The van der Waals surface area contributed by atoms with E-state index in [1.54, 1.807) is 6.08 Å². The van der Waals surface area contributed by atoms with Crippen molar-refractivity contribution in [1.29, 1.82) is 0 Å². The summed E-state index contributed by atoms with van der Waals surface area (Å²) in [5.41, 5.74) is 0. The van der Waals surface area contributed by atoms with Gasteiger partial charge in [0, 0.05) is 6.42 Å². The third-order valence-electron chi connectivity index (χ3n) is 17.7. The Morgan fingerprint density at radius 2 is 0.714 bits per heavy atom. The van der Waals surface area contributed by atoms with E-state index in [2.05, 4.69) is 141 Å². The number of carbonyl (C=O) groups excluding carboxylic acids is 1. The lowest BCUT2D eigenvalue weighted by molar-refractivity contribution is -0.379. The van der Waals surface area contributed by atoms with E-state index in [1.165, 1.54) is 83.5 Å². The fourth-order valence-corrected chi connectivity index (χ4v) is 11.6. The molecule has 0 aromatic rings. The average molecular weight is 1380 g/mol. The molecule has 3 aliphatic heterocycles. The van der Waals surface area contributed by atoms with Crippen molar-refractivity contribution in [2.45, 2.75) is 330 Å². The lowest BCUT2D eigenvalue weighted by atomic mass is 9.96. The quantitative estimate of drug-likeness (QED) is 0.0199. The van der Waals surface area contributed by atoms with E-state index in [0.717, 1.165) is 109 Å². The van der Waals surface area contributed by atoms with Gasteiger partial charge in [-0.2, -0.15) is 0 Å². The summed E-state index contributed by atoms with van der Waals surface area (Å²) in [6, 6.07) is -1.00. The lowest BCUT2D eigenvalue weighted by Crippen LogP contribution is -2.66. The first-order valence-corrected chi connectivity index (χ1v) is 37.4. The molecule has 0 saturated carbocycles. The van der Waals surface area contributed by atoms with Crippen LogP contribution in [-0.2, 0) is 33.2 Å². The van der Waals surface area contributed by atoms with Crippen LogP contribution in [0.5, 0.6) is 0 Å². The monoisotopic (exact) mass is 1380 g/mol. The number of rotatable bonds is 56. The number of aliphatic hydroxyl groups is 11. The summed E-state index contributed by atoms with van der Waals surface area (Å²) in [6.45, 7) is 1.55. The molecule has 3 rings (SSSR count). The van der Waals surface area contributed by atoms with Crippen molar-refractivity contribution >= 4 is 5.91 Å². The van der Waals surface area contributed by atoms with Gasteiger partial charge >= 0.3 is 0 Å². The van der Waals surface area contributed by atoms with E-state index in [4.69, 9.17) is 28.4 Å². The Balaban J connectivity index is 1.33. The number of aliphatic hydroxyl groups excluding tert-OH is 11. The fourth-order valence-electron chi connectivity index (χ4n) is 11.6. The SMILES string of the molecule is CC/C=C\C/C=C\C/C=C\C/C=C\C/C=C\C/C=C\C/C=C\C/C=C\CCCCCCCCCCCCCCCCC(=O)NC(COC1OC(CO)C(OC2OC(CO)C(OC3OC(CO)C(O)C(O)C3O)C(O)C2O)C(O)C1O)C(O)/C=C/CC/C=C/CC/C=C/CCCCCC. The molecule has 1 amide bonds. The molecule has 0 bridgehead atoms. The number of hydrogen-bond acceptors (Lipinski definition) is 18. The zero-order valence-electron chi connectivity index (χ0n) is 59.5. The molecule has 3 aliphatic rings. The molecule has 0 aliphatic carbocycles. The van der Waals surface area contributed by atoms with Gasteiger partial charge in [-0.1, -0.05) is 244 Å². The minimum atomic E-state index is -1.99. The van der Waals surface area contributed by atoms with Crippen molar-refractivity contribution < 1.29 is 89.4 Å². The smallest absolute Gasteiger partial charge is 0.220 e. The van der Waals surface area contributed by atoms with E-state index in [9.17, 15) is 61.0 Å². The first-order chi connectivity index (χ1) is 47.8. The predicted molar refractivity (Wildman–Crippen MR) is 387 cm³/mol. The third-order valence-corrected chi connectivity index (χ3v) is 17.7. The Kier molecular flexibility index (Phi) is 52.6. The molecule has 560 valence electrons. The molecule has 0 aromatic heterocycles. The molecule has 0 aromatic carbocycles. The summed E-state index contributed by atoms with van der Waals surface area (Å²) in [4.78, 5) is 13.4. The van der Waals surface area contributed by atoms with Crippen molar-refractivity contribution in [1.82, 2.24) is 5.32 Å². The zero-order chi connectivity index (χ0) is 71.1. The van der Waals surface area contributed by atoms with Crippen molar-refractivity contribution in [3.63, 3.8) is 0 Å². The van der Waals surface area contributed by atoms with Crippen molar-refractivity contribution in [2.75, 3.05) is 26.4 Å². The van der Waals surface area contributed by atoms with Crippen LogP contribution in [0.2, 0.25) is 0 Å². The van der Waals surface area contributed by atoms with E-state index < -0.39 is 124 Å². The van der Waals surface area contributed by atoms with Gasteiger partial charge in [0.1, 0.15) is 73.2 Å². The van der Waals surface area contributed by atoms with E-state index in [0.29, 0.717) is 12.8 Å². The highest BCUT2D eigenvalue weighted by Gasteiger charge is 2.53. The largest absolute Gasteiger partial charge is 0.394 e. The normalized spacial score (nSPS) is 27.5. The van der Waals surface area contributed by atoms with Crippen LogP contribution >= 0.6 is 0 Å². The van der Waals surface area contributed by atoms with Gasteiger partial charge in [0.2, 0.25) is 5.91 Å². The molecular weight excluding hydrogens is 1250 g/mol. The topological polar surface area (TPSA) is 307 Å². The van der Waals surface area contributed by atoms with Gasteiger partial charge < -0.3 is 89.9 Å². The molecule has 19 nitrogen and oxygen atoms in total. The highest BCUT2D eigenvalue weighted by atomic mass is 16.8. The summed E-state index contributed by atoms with van der Waals surface area (Å²) in [6.07, 6.45) is 55.9. The number of carbonyl (C=O) groups is 1. The van der Waals surface area contributed by atoms with Gasteiger partial charge in [-0.15, -0.1) is 0 Å². The third kappa shape index (κ3) is 38.8. The lowest BCUT2D eigenvalue weighted by Gasteiger charge is -2.48. The highest BCUT2D eigenvalue weighted by molar-refractivity contribution is 5.76. The van der Waals surface area contributed by atoms with E-state index in [-0.39, 0.29) is 18.9 Å². The van der Waals surface area contributed by atoms with Gasteiger partial charge in [-0.05, 0) is 109 Å². The number of nitrogens with one attached hydrogen (secondary N) is 1. The van der Waals surface area contributed by atoms with Gasteiger partial charge in [-0.3, -0.25) is 4.79 Å². The first-order valence-electron chi connectivity index (χ1n) is 37.4. The molecule has 0 radical (unpaired) electrons. The Morgan fingerprint density at radius 1 is 0.378 bits per heavy atom. The molecule has 17 unspecified atom stereocenters. The van der Waals surface area contributed by atoms with Gasteiger partial charge in [-0.25, -0.2) is 0 Å². The predicted octanol–water partition coefficient (Wildman–Crippen LogP) is 11.3. The van der Waals surface area contributed by atoms with E-state index >= 15 is 0 Å². The second kappa shape index (κ2) is 58.4. The van der Waals surface area contributed by atoms with Crippen LogP contribution in [0, 0.1) is 0 Å². The van der Waals surface area contributed by atoms with E-state index in [1.807, 2.05) is 6.08 Å².